The summed E-state index contributed by atoms with van der Waals surface area (Å²) in [5.74, 6) is -3.33. The number of pyridine rings is 1. The molecule has 0 radical (unpaired) electrons. The number of esters is 1. The highest BCUT2D eigenvalue weighted by atomic mass is 19.2. The molecule has 0 aliphatic carbocycles. The number of rotatable bonds is 3. The highest BCUT2D eigenvalue weighted by Gasteiger charge is 2.12. The van der Waals surface area contributed by atoms with Crippen LogP contribution < -0.4 is 0 Å². The van der Waals surface area contributed by atoms with Gasteiger partial charge in [0.15, 0.2) is 11.6 Å². The van der Waals surface area contributed by atoms with Crippen LogP contribution in [0.25, 0.3) is 11.1 Å². The second kappa shape index (κ2) is 5.73. The molecule has 0 fully saturated rings. The first-order valence-corrected chi connectivity index (χ1v) is 5.68. The Labute approximate surface area is 113 Å². The van der Waals surface area contributed by atoms with Crippen LogP contribution in [0.15, 0.2) is 30.5 Å². The molecule has 0 bridgehead atoms. The fourth-order valence-electron chi connectivity index (χ4n) is 1.64. The number of methoxy groups -OCH3 is 1. The first-order chi connectivity index (χ1) is 9.51. The number of halogens is 3. The van der Waals surface area contributed by atoms with Crippen molar-refractivity contribution >= 4 is 5.97 Å². The molecule has 1 aromatic heterocycles. The minimum absolute atomic E-state index is 0.0665. The quantitative estimate of drug-likeness (QED) is 0.812. The zero-order chi connectivity index (χ0) is 14.7. The molecular formula is C14H10F3NO2. The average molecular weight is 281 g/mol. The zero-order valence-electron chi connectivity index (χ0n) is 10.5. The molecular weight excluding hydrogens is 271 g/mol. The van der Waals surface area contributed by atoms with E-state index in [-0.39, 0.29) is 17.7 Å². The van der Waals surface area contributed by atoms with E-state index in [9.17, 15) is 18.0 Å². The van der Waals surface area contributed by atoms with Crippen molar-refractivity contribution in [3.63, 3.8) is 0 Å². The topological polar surface area (TPSA) is 39.2 Å². The van der Waals surface area contributed by atoms with E-state index in [1.54, 1.807) is 0 Å². The Kier molecular flexibility index (Phi) is 4.02. The zero-order valence-corrected chi connectivity index (χ0v) is 10.5. The number of hydrogen-bond acceptors (Lipinski definition) is 3. The van der Waals surface area contributed by atoms with Crippen molar-refractivity contribution in [1.29, 1.82) is 0 Å². The van der Waals surface area contributed by atoms with Gasteiger partial charge in [-0.15, -0.1) is 0 Å². The highest BCUT2D eigenvalue weighted by molar-refractivity contribution is 5.72. The van der Waals surface area contributed by atoms with Crippen LogP contribution in [-0.4, -0.2) is 18.1 Å². The molecule has 2 aromatic rings. The standard InChI is InChI=1S/C14H10F3NO2/c1-20-14(19)6-13-12(17)5-9(7-18-13)8-2-3-10(15)11(16)4-8/h2-5,7H,6H2,1H3. The summed E-state index contributed by atoms with van der Waals surface area (Å²) in [6, 6.07) is 4.32. The second-order valence-electron chi connectivity index (χ2n) is 4.03. The molecule has 6 heteroatoms. The lowest BCUT2D eigenvalue weighted by Gasteiger charge is -2.05. The number of carbonyl (C=O) groups is 1. The van der Waals surface area contributed by atoms with Crippen molar-refractivity contribution in [2.24, 2.45) is 0 Å². The summed E-state index contributed by atoms with van der Waals surface area (Å²) in [5, 5.41) is 0. The fraction of sp³-hybridized carbons (Fsp3) is 0.143. The highest BCUT2D eigenvalue weighted by Crippen LogP contribution is 2.22. The van der Waals surface area contributed by atoms with Crippen LogP contribution in [0.3, 0.4) is 0 Å². The SMILES string of the molecule is COC(=O)Cc1ncc(-c2ccc(F)c(F)c2)cc1F. The van der Waals surface area contributed by atoms with Crippen molar-refractivity contribution in [2.45, 2.75) is 6.42 Å². The fourth-order valence-corrected chi connectivity index (χ4v) is 1.64. The Hall–Kier alpha value is -2.37. The van der Waals surface area contributed by atoms with Crippen molar-refractivity contribution in [1.82, 2.24) is 4.98 Å². The molecule has 3 nitrogen and oxygen atoms in total. The van der Waals surface area contributed by atoms with Gasteiger partial charge in [0, 0.05) is 11.8 Å². The third kappa shape index (κ3) is 2.96. The van der Waals surface area contributed by atoms with Crippen LogP contribution in [0.2, 0.25) is 0 Å². The molecule has 0 aliphatic rings. The van der Waals surface area contributed by atoms with Crippen LogP contribution in [0.1, 0.15) is 5.69 Å². The van der Waals surface area contributed by atoms with E-state index >= 15 is 0 Å². The van der Waals surface area contributed by atoms with Crippen molar-refractivity contribution < 1.29 is 22.7 Å². The molecule has 1 heterocycles. The Morgan fingerprint density at radius 2 is 1.80 bits per heavy atom. The molecule has 0 unspecified atom stereocenters. The van der Waals surface area contributed by atoms with Crippen LogP contribution in [0.5, 0.6) is 0 Å². The molecule has 104 valence electrons. The van der Waals surface area contributed by atoms with Crippen molar-refractivity contribution in [3.8, 4) is 11.1 Å². The average Bonchev–Trinajstić information content (AvgIpc) is 2.44. The molecule has 1 aromatic carbocycles. The molecule has 0 atom stereocenters. The number of hydrogen-bond donors (Lipinski definition) is 0. The van der Waals surface area contributed by atoms with Crippen LogP contribution in [0.4, 0.5) is 13.2 Å². The van der Waals surface area contributed by atoms with Gasteiger partial charge in [-0.25, -0.2) is 13.2 Å². The molecule has 0 saturated carbocycles. The first kappa shape index (κ1) is 14.0. The third-order valence-electron chi connectivity index (χ3n) is 2.71. The van der Waals surface area contributed by atoms with Gasteiger partial charge in [0.25, 0.3) is 0 Å². The Morgan fingerprint density at radius 3 is 2.40 bits per heavy atom. The summed E-state index contributed by atoms with van der Waals surface area (Å²) in [5.41, 5.74) is 0.512. The molecule has 2 rings (SSSR count). The summed E-state index contributed by atoms with van der Waals surface area (Å²) < 4.78 is 44.1. The minimum Gasteiger partial charge on any atom is -0.469 e. The van der Waals surface area contributed by atoms with E-state index in [0.29, 0.717) is 5.56 Å². The maximum Gasteiger partial charge on any atom is 0.311 e. The van der Waals surface area contributed by atoms with E-state index < -0.39 is 23.4 Å². The summed E-state index contributed by atoms with van der Waals surface area (Å²) >= 11 is 0. The molecule has 0 spiro atoms. The first-order valence-electron chi connectivity index (χ1n) is 5.68. The normalized spacial score (nSPS) is 10.4. The summed E-state index contributed by atoms with van der Waals surface area (Å²) in [4.78, 5) is 14.9. The third-order valence-corrected chi connectivity index (χ3v) is 2.71. The largest absolute Gasteiger partial charge is 0.469 e. The van der Waals surface area contributed by atoms with Gasteiger partial charge in [0.1, 0.15) is 5.82 Å². The van der Waals surface area contributed by atoms with E-state index in [4.69, 9.17) is 0 Å². The Balaban J connectivity index is 2.32. The van der Waals surface area contributed by atoms with Gasteiger partial charge in [0.05, 0.1) is 19.2 Å². The van der Waals surface area contributed by atoms with E-state index in [1.165, 1.54) is 19.4 Å². The van der Waals surface area contributed by atoms with E-state index in [2.05, 4.69) is 9.72 Å². The van der Waals surface area contributed by atoms with Gasteiger partial charge in [-0.2, -0.15) is 0 Å². The molecule has 0 amide bonds. The maximum absolute atomic E-state index is 13.8. The van der Waals surface area contributed by atoms with Crippen LogP contribution in [0, 0.1) is 17.5 Å². The number of nitrogens with zero attached hydrogens (tertiary/aromatic N) is 1. The summed E-state index contributed by atoms with van der Waals surface area (Å²) in [6.07, 6.45) is 0.994. The van der Waals surface area contributed by atoms with Crippen LogP contribution >= 0.6 is 0 Å². The van der Waals surface area contributed by atoms with Gasteiger partial charge in [-0.3, -0.25) is 9.78 Å². The summed E-state index contributed by atoms with van der Waals surface area (Å²) in [6.45, 7) is 0. The lowest BCUT2D eigenvalue weighted by atomic mass is 10.1. The number of carbonyl (C=O) groups excluding carboxylic acids is 1. The van der Waals surface area contributed by atoms with Gasteiger partial charge in [-0.1, -0.05) is 6.07 Å². The lowest BCUT2D eigenvalue weighted by Crippen LogP contribution is -2.08. The molecule has 20 heavy (non-hydrogen) atoms. The summed E-state index contributed by atoms with van der Waals surface area (Å²) in [7, 11) is 1.19. The van der Waals surface area contributed by atoms with Gasteiger partial charge in [0.2, 0.25) is 0 Å². The van der Waals surface area contributed by atoms with Crippen molar-refractivity contribution in [3.05, 3.63) is 53.6 Å². The predicted octanol–water partition coefficient (Wildman–Crippen LogP) is 2.88. The van der Waals surface area contributed by atoms with Gasteiger partial charge < -0.3 is 4.74 Å². The molecule has 0 N–H and O–H groups in total. The molecule has 0 saturated heterocycles. The molecule has 0 aliphatic heterocycles. The lowest BCUT2D eigenvalue weighted by molar-refractivity contribution is -0.139. The second-order valence-corrected chi connectivity index (χ2v) is 4.03. The van der Waals surface area contributed by atoms with Gasteiger partial charge in [-0.05, 0) is 23.8 Å². The minimum atomic E-state index is -1.03. The van der Waals surface area contributed by atoms with Crippen molar-refractivity contribution in [2.75, 3.05) is 7.11 Å². The van der Waals surface area contributed by atoms with E-state index in [1.807, 2.05) is 0 Å². The number of ether oxygens (including phenoxy) is 1. The number of aromatic nitrogens is 1. The Morgan fingerprint density at radius 1 is 1.10 bits per heavy atom. The number of benzene rings is 1. The predicted molar refractivity (Wildman–Crippen MR) is 65.3 cm³/mol. The smallest absolute Gasteiger partial charge is 0.311 e. The monoisotopic (exact) mass is 281 g/mol. The van der Waals surface area contributed by atoms with Gasteiger partial charge >= 0.3 is 5.97 Å². The maximum atomic E-state index is 13.8. The van der Waals surface area contributed by atoms with Crippen LogP contribution in [-0.2, 0) is 16.0 Å². The Bertz CT molecular complexity index is 659. The van der Waals surface area contributed by atoms with E-state index in [0.717, 1.165) is 18.2 Å².